The van der Waals surface area contributed by atoms with Crippen molar-refractivity contribution >= 4 is 5.91 Å². The highest BCUT2D eigenvalue weighted by molar-refractivity contribution is 5.86. The molecular weight excluding hydrogens is 208 g/mol. The maximum absolute atomic E-state index is 11.8. The van der Waals surface area contributed by atoms with Gasteiger partial charge in [-0.25, -0.2) is 0 Å². The molecule has 0 aromatic heterocycles. The van der Waals surface area contributed by atoms with Gasteiger partial charge in [0.2, 0.25) is 5.91 Å². The van der Waals surface area contributed by atoms with Crippen molar-refractivity contribution in [1.29, 1.82) is 0 Å². The first-order chi connectivity index (χ1) is 7.52. The van der Waals surface area contributed by atoms with Crippen LogP contribution in [0.5, 0.6) is 0 Å². The summed E-state index contributed by atoms with van der Waals surface area (Å²) in [6.07, 6.45) is 1.97. The Morgan fingerprint density at radius 1 is 1.56 bits per heavy atom. The lowest BCUT2D eigenvalue weighted by Gasteiger charge is -2.24. The second-order valence-electron chi connectivity index (χ2n) is 4.58. The van der Waals surface area contributed by atoms with Gasteiger partial charge in [0.15, 0.2) is 0 Å². The summed E-state index contributed by atoms with van der Waals surface area (Å²) in [6.45, 7) is 2.68. The molecule has 1 rings (SSSR count). The molecular formula is C11H22N2O3. The first kappa shape index (κ1) is 13.4. The van der Waals surface area contributed by atoms with E-state index >= 15 is 0 Å². The van der Waals surface area contributed by atoms with E-state index in [0.717, 1.165) is 12.8 Å². The Hall–Kier alpha value is -0.650. The van der Waals surface area contributed by atoms with Crippen LogP contribution in [0.4, 0.5) is 0 Å². The van der Waals surface area contributed by atoms with Crippen LogP contribution in [0.3, 0.4) is 0 Å². The van der Waals surface area contributed by atoms with Gasteiger partial charge in [-0.1, -0.05) is 0 Å². The second-order valence-corrected chi connectivity index (χ2v) is 4.58. The van der Waals surface area contributed by atoms with Crippen molar-refractivity contribution < 1.29 is 14.3 Å². The first-order valence-electron chi connectivity index (χ1n) is 5.61. The van der Waals surface area contributed by atoms with Crippen molar-refractivity contribution in [3.05, 3.63) is 0 Å². The van der Waals surface area contributed by atoms with E-state index < -0.39 is 5.54 Å². The molecule has 5 nitrogen and oxygen atoms in total. The first-order valence-corrected chi connectivity index (χ1v) is 5.61. The average molecular weight is 230 g/mol. The van der Waals surface area contributed by atoms with E-state index in [4.69, 9.17) is 15.2 Å². The highest BCUT2D eigenvalue weighted by atomic mass is 16.5. The van der Waals surface area contributed by atoms with Crippen molar-refractivity contribution in [2.45, 2.75) is 31.4 Å². The van der Waals surface area contributed by atoms with Crippen LogP contribution in [-0.2, 0) is 14.3 Å². The Bertz CT molecular complexity index is 239. The lowest BCUT2D eigenvalue weighted by Crippen LogP contribution is -2.54. The van der Waals surface area contributed by atoms with Gasteiger partial charge in [0, 0.05) is 20.8 Å². The highest BCUT2D eigenvalue weighted by Crippen LogP contribution is 2.38. The van der Waals surface area contributed by atoms with Crippen LogP contribution in [0.15, 0.2) is 0 Å². The third-order valence-electron chi connectivity index (χ3n) is 3.09. The van der Waals surface area contributed by atoms with Crippen molar-refractivity contribution in [2.24, 2.45) is 11.7 Å². The minimum atomic E-state index is -0.745. The molecule has 1 saturated carbocycles. The third-order valence-corrected chi connectivity index (χ3v) is 3.09. The zero-order valence-corrected chi connectivity index (χ0v) is 10.3. The topological polar surface area (TPSA) is 73.6 Å². The molecule has 1 fully saturated rings. The van der Waals surface area contributed by atoms with Crippen molar-refractivity contribution in [3.63, 3.8) is 0 Å². The molecule has 94 valence electrons. The van der Waals surface area contributed by atoms with Gasteiger partial charge in [-0.15, -0.1) is 0 Å². The minimum Gasteiger partial charge on any atom is -0.382 e. The number of rotatable bonds is 7. The number of nitrogens with one attached hydrogen (secondary N) is 1. The van der Waals surface area contributed by atoms with E-state index in [1.807, 2.05) is 0 Å². The number of amides is 1. The molecule has 2 atom stereocenters. The maximum Gasteiger partial charge on any atom is 0.240 e. The second kappa shape index (κ2) is 5.61. The molecule has 2 unspecified atom stereocenters. The van der Waals surface area contributed by atoms with Gasteiger partial charge in [-0.3, -0.25) is 4.79 Å². The summed E-state index contributed by atoms with van der Waals surface area (Å²) in [4.78, 5) is 11.8. The van der Waals surface area contributed by atoms with E-state index in [-0.39, 0.29) is 12.0 Å². The minimum absolute atomic E-state index is 0.104. The van der Waals surface area contributed by atoms with E-state index in [1.165, 1.54) is 0 Å². The van der Waals surface area contributed by atoms with Crippen LogP contribution < -0.4 is 11.1 Å². The molecule has 1 amide bonds. The predicted molar refractivity (Wildman–Crippen MR) is 61.0 cm³/mol. The molecule has 1 aliphatic rings. The van der Waals surface area contributed by atoms with Gasteiger partial charge < -0.3 is 20.5 Å². The van der Waals surface area contributed by atoms with Crippen molar-refractivity contribution in [3.8, 4) is 0 Å². The Labute approximate surface area is 96.7 Å². The predicted octanol–water partition coefficient (Wildman–Crippen LogP) is -0.109. The number of carbonyl (C=O) groups excluding carboxylic acids is 1. The number of hydrogen-bond acceptors (Lipinski definition) is 4. The Kier molecular flexibility index (Phi) is 4.70. The van der Waals surface area contributed by atoms with E-state index in [0.29, 0.717) is 19.1 Å². The zero-order valence-electron chi connectivity index (χ0n) is 10.3. The zero-order chi connectivity index (χ0) is 12.2. The molecule has 0 saturated heterocycles. The number of hydrogen-bond donors (Lipinski definition) is 2. The van der Waals surface area contributed by atoms with Crippen LogP contribution in [0.2, 0.25) is 0 Å². The number of ether oxygens (including phenoxy) is 2. The molecule has 0 bridgehead atoms. The van der Waals surface area contributed by atoms with Crippen LogP contribution in [-0.4, -0.2) is 44.9 Å². The maximum atomic E-state index is 11.8. The van der Waals surface area contributed by atoms with Crippen LogP contribution in [0, 0.1) is 5.92 Å². The molecule has 0 heterocycles. The third kappa shape index (κ3) is 3.43. The molecule has 0 aliphatic heterocycles. The summed E-state index contributed by atoms with van der Waals surface area (Å²) in [7, 11) is 3.20. The van der Waals surface area contributed by atoms with Crippen molar-refractivity contribution in [1.82, 2.24) is 5.32 Å². The Morgan fingerprint density at radius 2 is 2.19 bits per heavy atom. The fraction of sp³-hybridized carbons (Fsp3) is 0.909. The molecule has 0 spiro atoms. The Morgan fingerprint density at radius 3 is 2.62 bits per heavy atom. The summed E-state index contributed by atoms with van der Waals surface area (Å²) in [5.74, 6) is 0.226. The van der Waals surface area contributed by atoms with E-state index in [2.05, 4.69) is 5.32 Å². The van der Waals surface area contributed by atoms with Gasteiger partial charge in [0.05, 0.1) is 18.2 Å². The summed E-state index contributed by atoms with van der Waals surface area (Å²) in [6, 6.07) is 0. The molecule has 0 aromatic rings. The number of nitrogens with two attached hydrogens (primary N) is 1. The largest absolute Gasteiger partial charge is 0.382 e. The molecule has 5 heteroatoms. The van der Waals surface area contributed by atoms with Gasteiger partial charge >= 0.3 is 0 Å². The summed E-state index contributed by atoms with van der Waals surface area (Å²) < 4.78 is 10.1. The average Bonchev–Trinajstić information content (AvgIpc) is 3.07. The summed E-state index contributed by atoms with van der Waals surface area (Å²) >= 11 is 0. The molecule has 16 heavy (non-hydrogen) atoms. The normalized spacial score (nSPS) is 21.2. The van der Waals surface area contributed by atoms with Gasteiger partial charge in [-0.2, -0.15) is 0 Å². The van der Waals surface area contributed by atoms with E-state index in [1.54, 1.807) is 21.1 Å². The van der Waals surface area contributed by atoms with Crippen LogP contribution in [0.25, 0.3) is 0 Å². The van der Waals surface area contributed by atoms with Gasteiger partial charge in [0.1, 0.15) is 0 Å². The SMILES string of the molecule is COCC(CNC(=O)C(C)(N)C1CC1)OC. The lowest BCUT2D eigenvalue weighted by molar-refractivity contribution is -0.127. The molecule has 3 N–H and O–H groups in total. The fourth-order valence-electron chi connectivity index (χ4n) is 1.66. The molecule has 0 aromatic carbocycles. The molecule has 1 aliphatic carbocycles. The lowest BCUT2D eigenvalue weighted by atomic mass is 9.96. The number of methoxy groups -OCH3 is 2. The standard InChI is InChI=1S/C11H22N2O3/c1-11(12,8-4-5-8)10(14)13-6-9(16-3)7-15-2/h8-9H,4-7,12H2,1-3H3,(H,13,14). The smallest absolute Gasteiger partial charge is 0.240 e. The van der Waals surface area contributed by atoms with Gasteiger partial charge in [0.25, 0.3) is 0 Å². The summed E-state index contributed by atoms with van der Waals surface area (Å²) in [5, 5.41) is 2.81. The van der Waals surface area contributed by atoms with Crippen LogP contribution in [0.1, 0.15) is 19.8 Å². The van der Waals surface area contributed by atoms with Gasteiger partial charge in [-0.05, 0) is 25.7 Å². The van der Waals surface area contributed by atoms with E-state index in [9.17, 15) is 4.79 Å². The van der Waals surface area contributed by atoms with Crippen LogP contribution >= 0.6 is 0 Å². The monoisotopic (exact) mass is 230 g/mol. The fourth-order valence-corrected chi connectivity index (χ4v) is 1.66. The number of carbonyl (C=O) groups is 1. The highest BCUT2D eigenvalue weighted by Gasteiger charge is 2.43. The summed E-state index contributed by atoms with van der Waals surface area (Å²) in [5.41, 5.74) is 5.24. The van der Waals surface area contributed by atoms with Crippen molar-refractivity contribution in [2.75, 3.05) is 27.4 Å². The quantitative estimate of drug-likeness (QED) is 0.640. The molecule has 0 radical (unpaired) electrons. The Balaban J connectivity index is 2.33.